The monoisotopic (exact) mass is 732 g/mol. The lowest BCUT2D eigenvalue weighted by Crippen LogP contribution is -2.37. The number of hydrogen-bond donors (Lipinski definition) is 1. The highest BCUT2D eigenvalue weighted by atomic mass is 16.5. The van der Waals surface area contributed by atoms with E-state index in [0.29, 0.717) is 29.3 Å². The van der Waals surface area contributed by atoms with Gasteiger partial charge in [0.25, 0.3) is 0 Å². The van der Waals surface area contributed by atoms with Crippen molar-refractivity contribution < 1.29 is 14.6 Å². The van der Waals surface area contributed by atoms with E-state index in [1.165, 1.54) is 101 Å². The van der Waals surface area contributed by atoms with Crippen molar-refractivity contribution >= 4 is 5.69 Å². The minimum Gasteiger partial charge on any atom is -0.496 e. The van der Waals surface area contributed by atoms with Crippen LogP contribution in [0.5, 0.6) is 5.75 Å². The van der Waals surface area contributed by atoms with Crippen molar-refractivity contribution in [1.82, 2.24) is 14.7 Å². The molecule has 0 bridgehead atoms. The van der Waals surface area contributed by atoms with Crippen LogP contribution in [0.4, 0.5) is 5.69 Å². The number of likely N-dealkylation sites (tertiary alicyclic amines) is 3. The van der Waals surface area contributed by atoms with E-state index in [0.717, 1.165) is 57.9 Å². The zero-order valence-electron chi connectivity index (χ0n) is 32.8. The van der Waals surface area contributed by atoms with Gasteiger partial charge in [-0.2, -0.15) is 0 Å². The van der Waals surface area contributed by atoms with E-state index < -0.39 is 6.10 Å². The van der Waals surface area contributed by atoms with Gasteiger partial charge in [0.05, 0.1) is 25.9 Å². The third-order valence-electron chi connectivity index (χ3n) is 14.6. The van der Waals surface area contributed by atoms with Crippen LogP contribution in [-0.2, 0) is 17.7 Å². The second-order valence-electron chi connectivity index (χ2n) is 18.4. The van der Waals surface area contributed by atoms with Crippen LogP contribution in [0.15, 0.2) is 72.8 Å². The summed E-state index contributed by atoms with van der Waals surface area (Å²) in [5.74, 6) is 2.25. The highest BCUT2D eigenvalue weighted by molar-refractivity contribution is 5.47. The van der Waals surface area contributed by atoms with Crippen LogP contribution in [0.25, 0.3) is 0 Å². The van der Waals surface area contributed by atoms with Gasteiger partial charge in [-0.25, -0.2) is 0 Å². The Morgan fingerprint density at radius 3 is 2.39 bits per heavy atom. The molecule has 4 aliphatic heterocycles. The van der Waals surface area contributed by atoms with Gasteiger partial charge in [0, 0.05) is 69.0 Å². The molecule has 6 aliphatic rings. The summed E-state index contributed by atoms with van der Waals surface area (Å²) >= 11 is 0. The lowest BCUT2D eigenvalue weighted by molar-refractivity contribution is -0.0351. The first-order valence-corrected chi connectivity index (χ1v) is 21.5. The Hall–Kier alpha value is -2.94. The molecule has 9 rings (SSSR count). The molecule has 54 heavy (non-hydrogen) atoms. The van der Waals surface area contributed by atoms with E-state index in [1.807, 2.05) is 0 Å². The molecule has 5 fully saturated rings. The number of aliphatic hydroxyl groups excluding tert-OH is 1. The van der Waals surface area contributed by atoms with E-state index >= 15 is 0 Å². The van der Waals surface area contributed by atoms with E-state index in [-0.39, 0.29) is 6.10 Å². The lowest BCUT2D eigenvalue weighted by Gasteiger charge is -2.31. The molecule has 7 heteroatoms. The molecule has 0 aromatic heterocycles. The van der Waals surface area contributed by atoms with Crippen molar-refractivity contribution in [2.75, 3.05) is 84.1 Å². The third kappa shape index (κ3) is 7.99. The Kier molecular flexibility index (Phi) is 10.8. The normalized spacial score (nSPS) is 30.9. The van der Waals surface area contributed by atoms with Gasteiger partial charge in [0.1, 0.15) is 5.75 Å². The van der Waals surface area contributed by atoms with E-state index in [2.05, 4.69) is 92.4 Å². The average molecular weight is 733 g/mol. The quantitative estimate of drug-likeness (QED) is 0.210. The third-order valence-corrected chi connectivity index (χ3v) is 14.6. The minimum absolute atomic E-state index is 0.252. The molecule has 7 nitrogen and oxygen atoms in total. The number of para-hydroxylation sites is 2. The fraction of sp³-hybridized carbons (Fsp3) is 0.617. The number of benzene rings is 3. The smallest absolute Gasteiger partial charge is 0.123 e. The number of hydrogen-bond acceptors (Lipinski definition) is 7. The van der Waals surface area contributed by atoms with Crippen molar-refractivity contribution in [3.63, 3.8) is 0 Å². The fourth-order valence-electron chi connectivity index (χ4n) is 11.7. The van der Waals surface area contributed by atoms with Gasteiger partial charge in [-0.1, -0.05) is 61.0 Å². The number of methoxy groups -OCH3 is 1. The highest BCUT2D eigenvalue weighted by Gasteiger charge is 2.45. The van der Waals surface area contributed by atoms with Gasteiger partial charge >= 0.3 is 0 Å². The molecule has 6 atom stereocenters. The Morgan fingerprint density at radius 1 is 0.778 bits per heavy atom. The second-order valence-corrected chi connectivity index (χ2v) is 18.4. The average Bonchev–Trinajstić information content (AvgIpc) is 4.06. The predicted molar refractivity (Wildman–Crippen MR) is 218 cm³/mol. The number of aliphatic hydroxyl groups is 1. The predicted octanol–water partition coefficient (Wildman–Crippen LogP) is 7.33. The molecule has 5 unspecified atom stereocenters. The maximum atomic E-state index is 11.1. The SMILES string of the molecule is COc1ccccc1CN1CCC2(CCN(CC3CCc4cc(C5CCCC(OC[C@H](O)CN6CCC7(CCN(c8ccccc8)C7)C6)C5)ccc43)C2)C1. The number of nitrogens with zero attached hydrogens (tertiary/aromatic N) is 4. The Balaban J connectivity index is 0.722. The van der Waals surface area contributed by atoms with Crippen molar-refractivity contribution in [3.8, 4) is 5.75 Å². The Labute approximate surface area is 324 Å². The molecular weight excluding hydrogens is 669 g/mol. The summed E-state index contributed by atoms with van der Waals surface area (Å²) in [6.45, 7) is 12.8. The Morgan fingerprint density at radius 2 is 1.52 bits per heavy atom. The van der Waals surface area contributed by atoms with Crippen LogP contribution in [-0.4, -0.2) is 111 Å². The molecule has 1 N–H and O–H groups in total. The first-order valence-electron chi connectivity index (χ1n) is 21.5. The number of rotatable bonds is 12. The topological polar surface area (TPSA) is 51.7 Å². The first kappa shape index (κ1) is 36.7. The summed E-state index contributed by atoms with van der Waals surface area (Å²) in [5.41, 5.74) is 8.23. The van der Waals surface area contributed by atoms with Crippen LogP contribution in [0.2, 0.25) is 0 Å². The van der Waals surface area contributed by atoms with Gasteiger partial charge in [0.2, 0.25) is 0 Å². The highest BCUT2D eigenvalue weighted by Crippen LogP contribution is 2.44. The maximum Gasteiger partial charge on any atom is 0.123 e. The number of aryl methyl sites for hydroxylation is 1. The van der Waals surface area contributed by atoms with Gasteiger partial charge in [-0.15, -0.1) is 0 Å². The number of β-amino-alcohol motifs (C(OH)–C–C–N with tert-alkyl or cyclic N) is 1. The lowest BCUT2D eigenvalue weighted by atomic mass is 9.81. The zero-order chi connectivity index (χ0) is 36.5. The van der Waals surface area contributed by atoms with Crippen molar-refractivity contribution in [2.45, 2.75) is 94.8 Å². The van der Waals surface area contributed by atoms with Crippen LogP contribution in [0, 0.1) is 10.8 Å². The molecular formula is C47H64N4O3. The number of anilines is 1. The summed E-state index contributed by atoms with van der Waals surface area (Å²) in [5, 5.41) is 11.1. The van der Waals surface area contributed by atoms with Gasteiger partial charge < -0.3 is 29.3 Å². The van der Waals surface area contributed by atoms with Crippen LogP contribution < -0.4 is 9.64 Å². The molecule has 3 aromatic carbocycles. The molecule has 1 saturated carbocycles. The zero-order valence-corrected chi connectivity index (χ0v) is 32.8. The molecule has 4 saturated heterocycles. The molecule has 2 aliphatic carbocycles. The van der Waals surface area contributed by atoms with Crippen LogP contribution in [0.1, 0.15) is 91.9 Å². The van der Waals surface area contributed by atoms with E-state index in [1.54, 1.807) is 18.2 Å². The van der Waals surface area contributed by atoms with Crippen molar-refractivity contribution in [2.24, 2.45) is 10.8 Å². The summed E-state index contributed by atoms with van der Waals surface area (Å²) in [4.78, 5) is 10.5. The number of fused-ring (bicyclic) bond motifs is 1. The van der Waals surface area contributed by atoms with E-state index in [4.69, 9.17) is 9.47 Å². The molecule has 0 radical (unpaired) electrons. The largest absolute Gasteiger partial charge is 0.496 e. The summed E-state index contributed by atoms with van der Waals surface area (Å²) < 4.78 is 12.1. The van der Waals surface area contributed by atoms with Crippen LogP contribution in [0.3, 0.4) is 0 Å². The summed E-state index contributed by atoms with van der Waals surface area (Å²) in [6.07, 6.45) is 12.2. The van der Waals surface area contributed by atoms with Crippen molar-refractivity contribution in [1.29, 1.82) is 0 Å². The van der Waals surface area contributed by atoms with Gasteiger partial charge in [-0.05, 0) is 130 Å². The molecule has 2 spiro atoms. The number of ether oxygens (including phenoxy) is 2. The minimum atomic E-state index is -0.416. The summed E-state index contributed by atoms with van der Waals surface area (Å²) in [6, 6.07) is 26.9. The Bertz CT molecular complexity index is 1720. The van der Waals surface area contributed by atoms with Crippen molar-refractivity contribution in [3.05, 3.63) is 95.1 Å². The first-order chi connectivity index (χ1) is 26.4. The molecule has 4 heterocycles. The van der Waals surface area contributed by atoms with Gasteiger partial charge in [0.15, 0.2) is 0 Å². The maximum absolute atomic E-state index is 11.1. The fourth-order valence-corrected chi connectivity index (χ4v) is 11.7. The van der Waals surface area contributed by atoms with Crippen LogP contribution >= 0.6 is 0 Å². The molecule has 3 aromatic rings. The second kappa shape index (κ2) is 15.9. The molecule has 0 amide bonds. The summed E-state index contributed by atoms with van der Waals surface area (Å²) in [7, 11) is 1.79. The van der Waals surface area contributed by atoms with E-state index in [9.17, 15) is 5.11 Å². The molecule has 290 valence electrons. The van der Waals surface area contributed by atoms with Gasteiger partial charge in [-0.3, -0.25) is 4.90 Å². The standard InChI is InChI=1S/C47H64N4O3/c1-53-45-13-6-5-8-40(45)29-49-23-19-46(33-49)18-22-48(32-46)28-39-15-14-38-26-37(16-17-44(38)39)36-9-7-12-43(27-36)54-31-42(52)30-50-24-20-47(34-50)21-25-51(35-47)41-10-3-2-4-11-41/h2-6,8,10-11,13,16-17,26,36,39,42-43,52H,7,9,12,14-15,18-25,27-35H2,1H3/t36?,39?,42-,43?,46?,47?/m1/s1.